The number of aromatic nitrogens is 2. The molecule has 0 aliphatic carbocycles. The zero-order valence-electron chi connectivity index (χ0n) is 9.95. The molecule has 0 unspecified atom stereocenters. The highest BCUT2D eigenvalue weighted by atomic mass is 16.6. The van der Waals surface area contributed by atoms with E-state index in [0.717, 1.165) is 24.9 Å². The fraction of sp³-hybridized carbons (Fsp3) is 0.444. The van der Waals surface area contributed by atoms with Crippen molar-refractivity contribution in [3.05, 3.63) is 37.1 Å². The van der Waals surface area contributed by atoms with E-state index in [2.05, 4.69) is 4.74 Å². The minimum atomic E-state index is -1.06. The topological polar surface area (TPSA) is 113 Å². The molecule has 1 heterocycles. The lowest BCUT2D eigenvalue weighted by molar-refractivity contribution is -0.387. The van der Waals surface area contributed by atoms with Gasteiger partial charge in [-0.05, 0) is 6.92 Å². The molecule has 9 nitrogen and oxygen atoms in total. The summed E-state index contributed by atoms with van der Waals surface area (Å²) in [5.41, 5.74) is -2.64. The van der Waals surface area contributed by atoms with Crippen LogP contribution in [0.5, 0.6) is 0 Å². The number of esters is 1. The van der Waals surface area contributed by atoms with E-state index in [-0.39, 0.29) is 0 Å². The maximum Gasteiger partial charge on any atom is 0.350 e. The first-order valence-corrected chi connectivity index (χ1v) is 4.85. The Morgan fingerprint density at radius 2 is 2.06 bits per heavy atom. The van der Waals surface area contributed by atoms with Gasteiger partial charge in [-0.1, -0.05) is 0 Å². The number of ether oxygens (including phenoxy) is 1. The van der Waals surface area contributed by atoms with Gasteiger partial charge in [0.2, 0.25) is 0 Å². The van der Waals surface area contributed by atoms with Crippen LogP contribution in [0.15, 0.2) is 15.8 Å². The zero-order chi connectivity index (χ0) is 14.0. The lowest BCUT2D eigenvalue weighted by Crippen LogP contribution is -2.41. The number of carbonyl (C=O) groups is 1. The number of rotatable bonds is 3. The normalized spacial score (nSPS) is 11.9. The van der Waals surface area contributed by atoms with Crippen LogP contribution in [-0.4, -0.2) is 27.1 Å². The van der Waals surface area contributed by atoms with Gasteiger partial charge in [0.15, 0.2) is 0 Å². The molecule has 0 radical (unpaired) electrons. The van der Waals surface area contributed by atoms with Crippen LogP contribution in [-0.2, 0) is 16.6 Å². The standard InChI is InChI=1S/C9H11N3O6/c1-5(8(14)18-3)11-4-6(12(16)17)7(13)10(2)9(11)15/h4-5H,1-3H3/t5-/m0/s1. The van der Waals surface area contributed by atoms with Gasteiger partial charge in [-0.2, -0.15) is 0 Å². The van der Waals surface area contributed by atoms with E-state index in [0.29, 0.717) is 4.57 Å². The molecular formula is C9H11N3O6. The Hall–Kier alpha value is -2.45. The smallest absolute Gasteiger partial charge is 0.350 e. The largest absolute Gasteiger partial charge is 0.467 e. The van der Waals surface area contributed by atoms with Gasteiger partial charge >= 0.3 is 22.9 Å². The van der Waals surface area contributed by atoms with Crippen molar-refractivity contribution in [3.8, 4) is 0 Å². The maximum atomic E-state index is 11.7. The van der Waals surface area contributed by atoms with E-state index >= 15 is 0 Å². The summed E-state index contributed by atoms with van der Waals surface area (Å²) in [6.45, 7) is 1.33. The van der Waals surface area contributed by atoms with Crippen LogP contribution < -0.4 is 11.2 Å². The summed E-state index contributed by atoms with van der Waals surface area (Å²) in [6.07, 6.45) is 0.742. The Labute approximate surface area is 100 Å². The van der Waals surface area contributed by atoms with Gasteiger partial charge in [0.25, 0.3) is 0 Å². The minimum Gasteiger partial charge on any atom is -0.467 e. The fourth-order valence-electron chi connectivity index (χ4n) is 1.36. The van der Waals surface area contributed by atoms with Crippen molar-refractivity contribution in [2.75, 3.05) is 7.11 Å². The third-order valence-electron chi connectivity index (χ3n) is 2.45. The molecule has 9 heteroatoms. The Morgan fingerprint density at radius 1 is 1.50 bits per heavy atom. The van der Waals surface area contributed by atoms with Gasteiger partial charge in [-0.25, -0.2) is 9.59 Å². The molecule has 0 aromatic carbocycles. The lowest BCUT2D eigenvalue weighted by atomic mass is 10.3. The number of carbonyl (C=O) groups excluding carboxylic acids is 1. The van der Waals surface area contributed by atoms with Gasteiger partial charge in [-0.15, -0.1) is 0 Å². The first kappa shape index (κ1) is 13.6. The van der Waals surface area contributed by atoms with E-state index in [1.165, 1.54) is 6.92 Å². The Bertz CT molecular complexity index is 614. The van der Waals surface area contributed by atoms with E-state index in [1.807, 2.05) is 0 Å². The van der Waals surface area contributed by atoms with Crippen LogP contribution in [0.3, 0.4) is 0 Å². The molecule has 98 valence electrons. The maximum absolute atomic E-state index is 11.7. The third-order valence-corrected chi connectivity index (χ3v) is 2.45. The second kappa shape index (κ2) is 4.82. The van der Waals surface area contributed by atoms with Crippen molar-refractivity contribution in [2.45, 2.75) is 13.0 Å². The van der Waals surface area contributed by atoms with Crippen molar-refractivity contribution < 1.29 is 14.5 Å². The summed E-state index contributed by atoms with van der Waals surface area (Å²) in [4.78, 5) is 44.2. The van der Waals surface area contributed by atoms with Gasteiger partial charge < -0.3 is 4.74 Å². The molecule has 1 rings (SSSR count). The SMILES string of the molecule is COC(=O)[C@H](C)n1cc([N+](=O)[O-])c(=O)n(C)c1=O. The quantitative estimate of drug-likeness (QED) is 0.397. The molecule has 0 bridgehead atoms. The van der Waals surface area contributed by atoms with Gasteiger partial charge in [0, 0.05) is 7.05 Å². The van der Waals surface area contributed by atoms with E-state index in [9.17, 15) is 24.5 Å². The molecule has 0 saturated heterocycles. The minimum absolute atomic E-state index is 0.567. The highest BCUT2D eigenvalue weighted by molar-refractivity contribution is 5.73. The number of nitrogens with zero attached hydrogens (tertiary/aromatic N) is 3. The highest BCUT2D eigenvalue weighted by Gasteiger charge is 2.23. The van der Waals surface area contributed by atoms with Crippen LogP contribution in [0.2, 0.25) is 0 Å². The molecule has 0 N–H and O–H groups in total. The summed E-state index contributed by atoms with van der Waals surface area (Å²) in [5.74, 6) is -0.745. The van der Waals surface area contributed by atoms with Crippen molar-refractivity contribution in [3.63, 3.8) is 0 Å². The molecule has 0 spiro atoms. The molecule has 1 atom stereocenters. The van der Waals surface area contributed by atoms with Crippen LogP contribution in [0.25, 0.3) is 0 Å². The number of hydrogen-bond donors (Lipinski definition) is 0. The van der Waals surface area contributed by atoms with Crippen LogP contribution in [0.1, 0.15) is 13.0 Å². The average Bonchev–Trinajstić information content (AvgIpc) is 2.34. The fourth-order valence-corrected chi connectivity index (χ4v) is 1.36. The van der Waals surface area contributed by atoms with Crippen LogP contribution in [0.4, 0.5) is 5.69 Å². The predicted molar refractivity (Wildman–Crippen MR) is 59.3 cm³/mol. The monoisotopic (exact) mass is 257 g/mol. The molecule has 1 aromatic rings. The number of methoxy groups -OCH3 is 1. The molecule has 18 heavy (non-hydrogen) atoms. The Morgan fingerprint density at radius 3 is 2.50 bits per heavy atom. The second-order valence-electron chi connectivity index (χ2n) is 3.52. The molecule has 0 aliphatic heterocycles. The molecule has 0 amide bonds. The van der Waals surface area contributed by atoms with E-state index in [4.69, 9.17) is 0 Å². The summed E-state index contributed by atoms with van der Waals surface area (Å²) >= 11 is 0. The first-order chi connectivity index (χ1) is 8.31. The number of hydrogen-bond acceptors (Lipinski definition) is 6. The van der Waals surface area contributed by atoms with Crippen molar-refractivity contribution in [2.24, 2.45) is 7.05 Å². The predicted octanol–water partition coefficient (Wildman–Crippen LogP) is -0.811. The second-order valence-corrected chi connectivity index (χ2v) is 3.52. The van der Waals surface area contributed by atoms with Gasteiger partial charge in [0.1, 0.15) is 6.04 Å². The Balaban J connectivity index is 3.57. The summed E-state index contributed by atoms with van der Waals surface area (Å²) < 4.78 is 5.79. The molecule has 0 fully saturated rings. The summed E-state index contributed by atoms with van der Waals surface area (Å²) in [7, 11) is 2.22. The van der Waals surface area contributed by atoms with Crippen LogP contribution in [0, 0.1) is 10.1 Å². The van der Waals surface area contributed by atoms with Crippen LogP contribution >= 0.6 is 0 Å². The van der Waals surface area contributed by atoms with Crippen molar-refractivity contribution in [1.82, 2.24) is 9.13 Å². The number of nitro groups is 1. The molecule has 0 saturated carbocycles. The Kier molecular flexibility index (Phi) is 3.64. The first-order valence-electron chi connectivity index (χ1n) is 4.85. The summed E-state index contributed by atoms with van der Waals surface area (Å²) in [5, 5.41) is 10.7. The summed E-state index contributed by atoms with van der Waals surface area (Å²) in [6, 6.07) is -1.06. The lowest BCUT2D eigenvalue weighted by Gasteiger charge is -2.12. The molecule has 1 aromatic heterocycles. The van der Waals surface area contributed by atoms with Gasteiger partial charge in [-0.3, -0.25) is 24.0 Å². The zero-order valence-corrected chi connectivity index (χ0v) is 9.95. The third kappa shape index (κ3) is 2.14. The molecule has 0 aliphatic rings. The van der Waals surface area contributed by atoms with Crippen molar-refractivity contribution >= 4 is 11.7 Å². The van der Waals surface area contributed by atoms with E-state index < -0.39 is 33.9 Å². The van der Waals surface area contributed by atoms with Crippen molar-refractivity contribution in [1.29, 1.82) is 0 Å². The van der Waals surface area contributed by atoms with E-state index in [1.54, 1.807) is 0 Å². The molecular weight excluding hydrogens is 246 g/mol. The van der Waals surface area contributed by atoms with Gasteiger partial charge in [0.05, 0.1) is 18.2 Å². The average molecular weight is 257 g/mol. The highest BCUT2D eigenvalue weighted by Crippen LogP contribution is 2.07.